The third kappa shape index (κ3) is 5.72. The predicted molar refractivity (Wildman–Crippen MR) is 126 cm³/mol. The Morgan fingerprint density at radius 3 is 1.89 bits per heavy atom. The number of hydrogen-bond acceptors (Lipinski definition) is 2. The molecule has 0 aliphatic heterocycles. The van der Waals surface area contributed by atoms with Crippen molar-refractivity contribution < 1.29 is 36.2 Å². The summed E-state index contributed by atoms with van der Waals surface area (Å²) in [6, 6.07) is 11.2. The van der Waals surface area contributed by atoms with Crippen LogP contribution in [0.1, 0.15) is 43.4 Å². The molecule has 3 aromatic rings. The Kier molecular flexibility index (Phi) is 7.59. The van der Waals surface area contributed by atoms with Gasteiger partial charge in [0.2, 0.25) is 0 Å². The molecule has 5 nitrogen and oxygen atoms in total. The van der Waals surface area contributed by atoms with Crippen molar-refractivity contribution in [1.82, 2.24) is 0 Å². The molecule has 37 heavy (non-hydrogen) atoms. The third-order valence-electron chi connectivity index (χ3n) is 6.17. The molecule has 0 spiro atoms. The SMILES string of the molecule is CCCC(C)(C(=O)O)c1ccc(-c2ccc(C(F)(F)F)cc2N=[N+]=[N-])c(-c2ccc(C(F)(F)F)cc2)c1. The minimum atomic E-state index is -4.71. The monoisotopic (exact) mass is 521 g/mol. The van der Waals surface area contributed by atoms with E-state index in [9.17, 15) is 36.2 Å². The van der Waals surface area contributed by atoms with Gasteiger partial charge in [0, 0.05) is 10.6 Å². The van der Waals surface area contributed by atoms with E-state index in [0.717, 1.165) is 24.3 Å². The first kappa shape index (κ1) is 27.6. The lowest BCUT2D eigenvalue weighted by atomic mass is 9.76. The van der Waals surface area contributed by atoms with Crippen molar-refractivity contribution in [2.24, 2.45) is 5.11 Å². The molecule has 0 amide bonds. The van der Waals surface area contributed by atoms with E-state index in [4.69, 9.17) is 5.53 Å². The van der Waals surface area contributed by atoms with Crippen LogP contribution in [0, 0.1) is 0 Å². The summed E-state index contributed by atoms with van der Waals surface area (Å²) in [6.45, 7) is 3.33. The van der Waals surface area contributed by atoms with Gasteiger partial charge in [-0.1, -0.05) is 48.8 Å². The highest BCUT2D eigenvalue weighted by Gasteiger charge is 2.36. The largest absolute Gasteiger partial charge is 0.481 e. The van der Waals surface area contributed by atoms with E-state index in [1.807, 2.05) is 0 Å². The Labute approximate surface area is 208 Å². The summed E-state index contributed by atoms with van der Waals surface area (Å²) in [4.78, 5) is 14.8. The van der Waals surface area contributed by atoms with Gasteiger partial charge in [-0.25, -0.2) is 0 Å². The molecule has 1 unspecified atom stereocenters. The van der Waals surface area contributed by atoms with Gasteiger partial charge < -0.3 is 5.11 Å². The lowest BCUT2D eigenvalue weighted by molar-refractivity contribution is -0.143. The Bertz CT molecular complexity index is 1360. The second-order valence-electron chi connectivity index (χ2n) is 8.64. The molecule has 0 saturated carbocycles. The Morgan fingerprint density at radius 2 is 1.38 bits per heavy atom. The molecular weight excluding hydrogens is 500 g/mol. The maximum atomic E-state index is 13.3. The van der Waals surface area contributed by atoms with E-state index in [1.54, 1.807) is 6.92 Å². The molecule has 0 fully saturated rings. The van der Waals surface area contributed by atoms with Crippen LogP contribution in [-0.4, -0.2) is 11.1 Å². The predicted octanol–water partition coefficient (Wildman–Crippen LogP) is 9.14. The summed E-state index contributed by atoms with van der Waals surface area (Å²) < 4.78 is 79.2. The van der Waals surface area contributed by atoms with Gasteiger partial charge in [-0.05, 0) is 77.0 Å². The van der Waals surface area contributed by atoms with Crippen molar-refractivity contribution >= 4 is 11.7 Å². The van der Waals surface area contributed by atoms with Crippen LogP contribution in [0.15, 0.2) is 65.8 Å². The van der Waals surface area contributed by atoms with Crippen molar-refractivity contribution in [2.45, 2.75) is 44.5 Å². The summed E-state index contributed by atoms with van der Waals surface area (Å²) in [7, 11) is 0. The van der Waals surface area contributed by atoms with Crippen LogP contribution in [0.5, 0.6) is 0 Å². The number of rotatable bonds is 7. The fourth-order valence-corrected chi connectivity index (χ4v) is 4.14. The third-order valence-corrected chi connectivity index (χ3v) is 6.17. The molecule has 194 valence electrons. The van der Waals surface area contributed by atoms with Crippen LogP contribution in [0.4, 0.5) is 32.0 Å². The number of carboxylic acid groups (broad SMARTS) is 1. The van der Waals surface area contributed by atoms with Crippen molar-refractivity contribution in [2.75, 3.05) is 0 Å². The van der Waals surface area contributed by atoms with E-state index in [1.165, 1.54) is 37.3 Å². The second kappa shape index (κ2) is 10.2. The average molecular weight is 521 g/mol. The van der Waals surface area contributed by atoms with E-state index < -0.39 is 34.9 Å². The Hall–Kier alpha value is -3.98. The Balaban J connectivity index is 2.33. The molecule has 0 bridgehead atoms. The fourth-order valence-electron chi connectivity index (χ4n) is 4.14. The minimum absolute atomic E-state index is 0.0970. The molecule has 0 aromatic heterocycles. The number of carboxylic acids is 1. The van der Waals surface area contributed by atoms with Crippen molar-refractivity contribution in [3.63, 3.8) is 0 Å². The zero-order chi connectivity index (χ0) is 27.6. The van der Waals surface area contributed by atoms with Gasteiger partial charge in [-0.3, -0.25) is 4.79 Å². The number of azide groups is 1. The highest BCUT2D eigenvalue weighted by Crippen LogP contribution is 2.43. The second-order valence-corrected chi connectivity index (χ2v) is 8.64. The lowest BCUT2D eigenvalue weighted by Gasteiger charge is -2.26. The first-order valence-electron chi connectivity index (χ1n) is 11.0. The van der Waals surface area contributed by atoms with Crippen LogP contribution in [0.2, 0.25) is 0 Å². The first-order chi connectivity index (χ1) is 17.2. The van der Waals surface area contributed by atoms with Gasteiger partial charge in [0.1, 0.15) is 0 Å². The van der Waals surface area contributed by atoms with Gasteiger partial charge in [-0.2, -0.15) is 26.3 Å². The number of benzene rings is 3. The maximum absolute atomic E-state index is 13.3. The standard InChI is InChI=1S/C26H21F6N3O2/c1-3-12-24(2,23(36)37)17-8-10-19(20-11-9-18(26(30,31)32)14-22(20)34-35-33)21(13-17)15-4-6-16(7-5-15)25(27,28)29/h4-11,13-14H,3,12H2,1-2H3,(H,36,37). The molecule has 0 heterocycles. The number of aliphatic carboxylic acids is 1. The van der Waals surface area contributed by atoms with E-state index in [-0.39, 0.29) is 34.4 Å². The van der Waals surface area contributed by atoms with Crippen LogP contribution in [0.25, 0.3) is 32.7 Å². The summed E-state index contributed by atoms with van der Waals surface area (Å²) in [5.74, 6) is -1.11. The van der Waals surface area contributed by atoms with Gasteiger partial charge in [-0.15, -0.1) is 0 Å². The molecule has 3 aromatic carbocycles. The quantitative estimate of drug-likeness (QED) is 0.145. The molecule has 0 aliphatic rings. The van der Waals surface area contributed by atoms with E-state index in [0.29, 0.717) is 18.1 Å². The maximum Gasteiger partial charge on any atom is 0.416 e. The number of alkyl halides is 6. The number of halogens is 6. The molecule has 0 saturated heterocycles. The molecule has 0 aliphatic carbocycles. The molecule has 3 rings (SSSR count). The molecular formula is C26H21F6N3O2. The first-order valence-corrected chi connectivity index (χ1v) is 11.0. The number of hydrogen-bond donors (Lipinski definition) is 1. The van der Waals surface area contributed by atoms with E-state index >= 15 is 0 Å². The van der Waals surface area contributed by atoms with Crippen LogP contribution >= 0.6 is 0 Å². The number of nitrogens with zero attached hydrogens (tertiary/aromatic N) is 3. The fraction of sp³-hybridized carbons (Fsp3) is 0.269. The number of carbonyl (C=O) groups is 1. The zero-order valence-corrected chi connectivity index (χ0v) is 19.7. The highest BCUT2D eigenvalue weighted by atomic mass is 19.4. The molecule has 1 atom stereocenters. The molecule has 11 heteroatoms. The van der Waals surface area contributed by atoms with Gasteiger partial charge in [0.05, 0.1) is 16.5 Å². The van der Waals surface area contributed by atoms with Gasteiger partial charge in [0.25, 0.3) is 0 Å². The summed E-state index contributed by atoms with van der Waals surface area (Å²) in [5.41, 5.74) is 6.57. The van der Waals surface area contributed by atoms with Crippen molar-refractivity contribution in [1.29, 1.82) is 0 Å². The van der Waals surface area contributed by atoms with Crippen molar-refractivity contribution in [3.8, 4) is 22.3 Å². The van der Waals surface area contributed by atoms with Crippen LogP contribution in [-0.2, 0) is 22.6 Å². The zero-order valence-electron chi connectivity index (χ0n) is 19.7. The molecule has 1 N–H and O–H groups in total. The van der Waals surface area contributed by atoms with E-state index in [2.05, 4.69) is 10.0 Å². The minimum Gasteiger partial charge on any atom is -0.481 e. The van der Waals surface area contributed by atoms with Crippen LogP contribution < -0.4 is 0 Å². The normalized spacial score (nSPS) is 13.5. The summed E-state index contributed by atoms with van der Waals surface area (Å²) >= 11 is 0. The molecule has 0 radical (unpaired) electrons. The Morgan fingerprint density at radius 1 is 0.838 bits per heavy atom. The lowest BCUT2D eigenvalue weighted by Crippen LogP contribution is -2.32. The smallest absolute Gasteiger partial charge is 0.416 e. The van der Waals surface area contributed by atoms with Crippen molar-refractivity contribution in [3.05, 3.63) is 87.8 Å². The van der Waals surface area contributed by atoms with Crippen LogP contribution in [0.3, 0.4) is 0 Å². The van der Waals surface area contributed by atoms with Gasteiger partial charge in [0.15, 0.2) is 0 Å². The topological polar surface area (TPSA) is 86.1 Å². The summed E-state index contributed by atoms with van der Waals surface area (Å²) in [6.07, 6.45) is -8.51. The summed E-state index contributed by atoms with van der Waals surface area (Å²) in [5, 5.41) is 13.3. The average Bonchev–Trinajstić information content (AvgIpc) is 2.83. The van der Waals surface area contributed by atoms with Gasteiger partial charge >= 0.3 is 18.3 Å². The highest BCUT2D eigenvalue weighted by molar-refractivity contribution is 5.90.